The number of ether oxygens (including phenoxy) is 1. The molecular formula is C10H16N2O3. The van der Waals surface area contributed by atoms with Crippen molar-refractivity contribution < 1.29 is 13.9 Å². The van der Waals surface area contributed by atoms with Crippen molar-refractivity contribution in [3.05, 3.63) is 23.7 Å². The molecule has 0 atom stereocenters. The molecule has 1 aromatic heterocycles. The largest absolute Gasteiger partial charge is 0.464 e. The highest BCUT2D eigenvalue weighted by Crippen LogP contribution is 2.06. The van der Waals surface area contributed by atoms with E-state index in [1.54, 1.807) is 19.1 Å². The molecule has 1 rings (SSSR count). The van der Waals surface area contributed by atoms with E-state index in [-0.39, 0.29) is 12.5 Å². The lowest BCUT2D eigenvalue weighted by Gasteiger charge is -2.11. The molecule has 0 spiro atoms. The minimum atomic E-state index is -0.178. The van der Waals surface area contributed by atoms with Gasteiger partial charge in [0.2, 0.25) is 0 Å². The Balaban J connectivity index is 2.19. The molecule has 0 aliphatic heterocycles. The fourth-order valence-electron chi connectivity index (χ4n) is 1.09. The number of hydrogen-bond acceptors (Lipinski definition) is 4. The van der Waals surface area contributed by atoms with Gasteiger partial charge < -0.3 is 9.15 Å². The van der Waals surface area contributed by atoms with Crippen LogP contribution in [-0.2, 0) is 16.1 Å². The van der Waals surface area contributed by atoms with E-state index in [1.165, 1.54) is 0 Å². The number of aryl methyl sites for hydroxylation is 1. The number of amides is 1. The molecule has 0 unspecified atom stereocenters. The molecule has 0 saturated heterocycles. The highest BCUT2D eigenvalue weighted by atomic mass is 16.5. The van der Waals surface area contributed by atoms with Crippen LogP contribution in [0.3, 0.4) is 0 Å². The first-order valence-electron chi connectivity index (χ1n) is 4.68. The molecule has 5 heteroatoms. The lowest BCUT2D eigenvalue weighted by Crippen LogP contribution is -2.38. The van der Waals surface area contributed by atoms with Gasteiger partial charge in [-0.05, 0) is 19.1 Å². The molecule has 1 heterocycles. The average Bonchev–Trinajstić information content (AvgIpc) is 2.50. The molecule has 0 radical (unpaired) electrons. The Morgan fingerprint density at radius 1 is 1.53 bits per heavy atom. The highest BCUT2D eigenvalue weighted by molar-refractivity contribution is 5.76. The standard InChI is InChI=1S/C10H16N2O3/c1-8-4-5-9(15-8)6-14-7-10(13)11-12(2)3/h4-5H,6-7H2,1-3H3,(H,11,13). The summed E-state index contributed by atoms with van der Waals surface area (Å²) in [6.07, 6.45) is 0. The van der Waals surface area contributed by atoms with Crippen LogP contribution in [0.1, 0.15) is 11.5 Å². The molecule has 0 aliphatic carbocycles. The van der Waals surface area contributed by atoms with Crippen LogP contribution in [0.4, 0.5) is 0 Å². The van der Waals surface area contributed by atoms with E-state index >= 15 is 0 Å². The third-order valence-corrected chi connectivity index (χ3v) is 1.62. The van der Waals surface area contributed by atoms with Crippen LogP contribution in [-0.4, -0.2) is 31.6 Å². The summed E-state index contributed by atoms with van der Waals surface area (Å²) in [7, 11) is 3.49. The van der Waals surface area contributed by atoms with Crippen LogP contribution in [0.5, 0.6) is 0 Å². The maximum atomic E-state index is 11.1. The SMILES string of the molecule is Cc1ccc(COCC(=O)NN(C)C)o1. The summed E-state index contributed by atoms with van der Waals surface area (Å²) in [4.78, 5) is 11.1. The normalized spacial score (nSPS) is 10.7. The second-order valence-corrected chi connectivity index (χ2v) is 3.43. The summed E-state index contributed by atoms with van der Waals surface area (Å²) in [5.41, 5.74) is 2.57. The van der Waals surface area contributed by atoms with E-state index in [4.69, 9.17) is 9.15 Å². The molecule has 1 amide bonds. The van der Waals surface area contributed by atoms with Crippen LogP contribution >= 0.6 is 0 Å². The summed E-state index contributed by atoms with van der Waals surface area (Å²) in [5, 5.41) is 1.57. The molecule has 0 fully saturated rings. The maximum absolute atomic E-state index is 11.1. The van der Waals surface area contributed by atoms with E-state index in [9.17, 15) is 4.79 Å². The van der Waals surface area contributed by atoms with E-state index in [2.05, 4.69) is 5.43 Å². The number of hydrazine groups is 1. The zero-order valence-corrected chi connectivity index (χ0v) is 9.24. The third kappa shape index (κ3) is 4.62. The zero-order chi connectivity index (χ0) is 11.3. The quantitative estimate of drug-likeness (QED) is 0.730. The Bertz CT molecular complexity index is 320. The van der Waals surface area contributed by atoms with Crippen molar-refractivity contribution in [2.45, 2.75) is 13.5 Å². The monoisotopic (exact) mass is 212 g/mol. The number of nitrogens with one attached hydrogen (secondary N) is 1. The van der Waals surface area contributed by atoms with Crippen molar-refractivity contribution in [3.8, 4) is 0 Å². The van der Waals surface area contributed by atoms with Crippen LogP contribution in [0, 0.1) is 6.92 Å². The van der Waals surface area contributed by atoms with Gasteiger partial charge in [-0.15, -0.1) is 0 Å². The number of carbonyl (C=O) groups is 1. The van der Waals surface area contributed by atoms with Gasteiger partial charge in [-0.2, -0.15) is 0 Å². The first kappa shape index (κ1) is 11.7. The van der Waals surface area contributed by atoms with Crippen molar-refractivity contribution in [3.63, 3.8) is 0 Å². The maximum Gasteiger partial charge on any atom is 0.260 e. The molecule has 0 bridgehead atoms. The first-order chi connectivity index (χ1) is 7.08. The van der Waals surface area contributed by atoms with Gasteiger partial charge in [0.25, 0.3) is 5.91 Å². The van der Waals surface area contributed by atoms with Gasteiger partial charge >= 0.3 is 0 Å². The Hall–Kier alpha value is -1.33. The van der Waals surface area contributed by atoms with Crippen LogP contribution in [0.15, 0.2) is 16.5 Å². The Labute approximate surface area is 89.0 Å². The molecular weight excluding hydrogens is 196 g/mol. The summed E-state index contributed by atoms with van der Waals surface area (Å²) in [5.74, 6) is 1.39. The highest BCUT2D eigenvalue weighted by Gasteiger charge is 2.03. The molecule has 0 aromatic carbocycles. The van der Waals surface area contributed by atoms with Crippen molar-refractivity contribution >= 4 is 5.91 Å². The lowest BCUT2D eigenvalue weighted by atomic mass is 10.4. The topological polar surface area (TPSA) is 54.7 Å². The molecule has 1 aromatic rings. The molecule has 15 heavy (non-hydrogen) atoms. The fourth-order valence-corrected chi connectivity index (χ4v) is 1.09. The number of carbonyl (C=O) groups excluding carboxylic acids is 1. The third-order valence-electron chi connectivity index (χ3n) is 1.62. The van der Waals surface area contributed by atoms with Crippen molar-refractivity contribution in [2.75, 3.05) is 20.7 Å². The molecule has 0 aliphatic rings. The van der Waals surface area contributed by atoms with E-state index in [0.29, 0.717) is 6.61 Å². The molecule has 1 N–H and O–H groups in total. The number of hydrogen-bond donors (Lipinski definition) is 1. The van der Waals surface area contributed by atoms with Gasteiger partial charge in [0.1, 0.15) is 24.7 Å². The lowest BCUT2D eigenvalue weighted by molar-refractivity contribution is -0.130. The Kier molecular flexibility index (Phi) is 4.33. The summed E-state index contributed by atoms with van der Waals surface area (Å²) in [6.45, 7) is 2.20. The van der Waals surface area contributed by atoms with Crippen LogP contribution < -0.4 is 5.43 Å². The number of nitrogens with zero attached hydrogens (tertiary/aromatic N) is 1. The predicted octanol–water partition coefficient (Wildman–Crippen LogP) is 0.697. The zero-order valence-electron chi connectivity index (χ0n) is 9.24. The van der Waals surface area contributed by atoms with Gasteiger partial charge in [0.15, 0.2) is 0 Å². The van der Waals surface area contributed by atoms with Gasteiger partial charge in [-0.1, -0.05) is 0 Å². The second kappa shape index (κ2) is 5.53. The van der Waals surface area contributed by atoms with Crippen LogP contribution in [0.2, 0.25) is 0 Å². The Morgan fingerprint density at radius 3 is 2.80 bits per heavy atom. The van der Waals surface area contributed by atoms with Crippen LogP contribution in [0.25, 0.3) is 0 Å². The Morgan fingerprint density at radius 2 is 2.27 bits per heavy atom. The number of furan rings is 1. The van der Waals surface area contributed by atoms with Gasteiger partial charge in [0.05, 0.1) is 0 Å². The van der Waals surface area contributed by atoms with E-state index in [1.807, 2.05) is 19.1 Å². The predicted molar refractivity (Wildman–Crippen MR) is 54.9 cm³/mol. The van der Waals surface area contributed by atoms with Crippen molar-refractivity contribution in [1.82, 2.24) is 10.4 Å². The fraction of sp³-hybridized carbons (Fsp3) is 0.500. The molecule has 84 valence electrons. The van der Waals surface area contributed by atoms with Gasteiger partial charge in [-0.3, -0.25) is 10.2 Å². The minimum absolute atomic E-state index is 0.0257. The summed E-state index contributed by atoms with van der Waals surface area (Å²) >= 11 is 0. The summed E-state index contributed by atoms with van der Waals surface area (Å²) < 4.78 is 10.4. The number of rotatable bonds is 5. The average molecular weight is 212 g/mol. The summed E-state index contributed by atoms with van der Waals surface area (Å²) in [6, 6.07) is 3.69. The van der Waals surface area contributed by atoms with Crippen molar-refractivity contribution in [1.29, 1.82) is 0 Å². The minimum Gasteiger partial charge on any atom is -0.464 e. The molecule has 5 nitrogen and oxygen atoms in total. The van der Waals surface area contributed by atoms with Gasteiger partial charge in [-0.25, -0.2) is 5.01 Å². The second-order valence-electron chi connectivity index (χ2n) is 3.43. The first-order valence-corrected chi connectivity index (χ1v) is 4.68. The van der Waals surface area contributed by atoms with E-state index < -0.39 is 0 Å². The smallest absolute Gasteiger partial charge is 0.260 e. The van der Waals surface area contributed by atoms with Crippen molar-refractivity contribution in [2.24, 2.45) is 0 Å². The molecule has 0 saturated carbocycles. The van der Waals surface area contributed by atoms with Gasteiger partial charge in [0, 0.05) is 14.1 Å². The van der Waals surface area contributed by atoms with E-state index in [0.717, 1.165) is 11.5 Å².